The first-order valence-corrected chi connectivity index (χ1v) is 12.4. The van der Waals surface area contributed by atoms with Gasteiger partial charge >= 0.3 is 11.9 Å². The molecule has 1 heterocycles. The lowest BCUT2D eigenvalue weighted by atomic mass is 10.0. The van der Waals surface area contributed by atoms with Crippen molar-refractivity contribution < 1.29 is 34.2 Å². The van der Waals surface area contributed by atoms with Crippen molar-refractivity contribution in [3.8, 4) is 0 Å². The van der Waals surface area contributed by atoms with E-state index < -0.39 is 60.2 Å². The van der Waals surface area contributed by atoms with Crippen LogP contribution in [0.1, 0.15) is 36.9 Å². The summed E-state index contributed by atoms with van der Waals surface area (Å²) in [5, 5.41) is 26.1. The number of imidazole rings is 1. The lowest BCUT2D eigenvalue weighted by Gasteiger charge is -2.25. The van der Waals surface area contributed by atoms with Gasteiger partial charge in [-0.3, -0.25) is 19.2 Å². The van der Waals surface area contributed by atoms with E-state index in [9.17, 15) is 34.2 Å². The average molecular weight is 546 g/mol. The predicted octanol–water partition coefficient (Wildman–Crippen LogP) is -1.34. The van der Waals surface area contributed by atoms with Crippen LogP contribution in [-0.2, 0) is 36.8 Å². The Balaban J connectivity index is 2.18. The van der Waals surface area contributed by atoms with Crippen LogP contribution >= 0.6 is 0 Å². The second-order valence-corrected chi connectivity index (χ2v) is 8.98. The number of carbonyl (C=O) groups excluding carboxylic acids is 3. The molecule has 0 radical (unpaired) electrons. The van der Waals surface area contributed by atoms with E-state index in [0.717, 1.165) is 0 Å². The molecule has 1 aromatic heterocycles. The maximum atomic E-state index is 13.1. The number of H-pyrrole nitrogens is 1. The maximum absolute atomic E-state index is 13.1. The van der Waals surface area contributed by atoms with Crippen molar-refractivity contribution in [2.24, 2.45) is 11.5 Å². The van der Waals surface area contributed by atoms with Gasteiger partial charge in [0, 0.05) is 24.7 Å². The summed E-state index contributed by atoms with van der Waals surface area (Å²) < 4.78 is 0. The number of aromatic amines is 1. The third-order valence-electron chi connectivity index (χ3n) is 5.82. The molecule has 0 aliphatic rings. The highest BCUT2D eigenvalue weighted by atomic mass is 16.4. The van der Waals surface area contributed by atoms with Crippen LogP contribution < -0.4 is 27.4 Å². The molecular formula is C25H35N7O7. The number of amides is 3. The molecule has 2 aromatic rings. The quantitative estimate of drug-likeness (QED) is 0.109. The van der Waals surface area contributed by atoms with E-state index in [1.807, 2.05) is 0 Å². The Hall–Kier alpha value is -4.30. The molecule has 212 valence electrons. The molecule has 0 saturated heterocycles. The Labute approximate surface area is 224 Å². The molecule has 0 fully saturated rings. The lowest BCUT2D eigenvalue weighted by molar-refractivity contribution is -0.143. The Kier molecular flexibility index (Phi) is 12.6. The van der Waals surface area contributed by atoms with Gasteiger partial charge in [0.15, 0.2) is 0 Å². The Morgan fingerprint density at radius 3 is 2.10 bits per heavy atom. The summed E-state index contributed by atoms with van der Waals surface area (Å²) in [5.74, 6) is -5.10. The number of aromatic nitrogens is 2. The van der Waals surface area contributed by atoms with E-state index in [0.29, 0.717) is 30.6 Å². The topological polar surface area (TPSA) is 243 Å². The number of nitrogens with zero attached hydrogens (tertiary/aromatic N) is 1. The lowest BCUT2D eigenvalue weighted by Crippen LogP contribution is -2.58. The summed E-state index contributed by atoms with van der Waals surface area (Å²) in [6.45, 7) is 0.370. The molecule has 0 aliphatic carbocycles. The van der Waals surface area contributed by atoms with Crippen LogP contribution in [0.5, 0.6) is 0 Å². The molecule has 4 atom stereocenters. The van der Waals surface area contributed by atoms with Crippen LogP contribution in [-0.4, -0.2) is 80.6 Å². The summed E-state index contributed by atoms with van der Waals surface area (Å²) in [4.78, 5) is 68.7. The SMILES string of the molecule is NCCCCC(NC(=O)C(Cc1ccccc1)NC(=O)C(CC(=O)O)NC(=O)C(N)Cc1cnc[nH]1)C(=O)O. The third-order valence-corrected chi connectivity index (χ3v) is 5.82. The van der Waals surface area contributed by atoms with Gasteiger partial charge in [-0.05, 0) is 31.4 Å². The number of hydrogen-bond donors (Lipinski definition) is 8. The molecule has 1 aromatic carbocycles. The van der Waals surface area contributed by atoms with Crippen molar-refractivity contribution in [2.75, 3.05) is 6.54 Å². The van der Waals surface area contributed by atoms with Gasteiger partial charge in [-0.2, -0.15) is 0 Å². The number of nitrogens with two attached hydrogens (primary N) is 2. The maximum Gasteiger partial charge on any atom is 0.326 e. The van der Waals surface area contributed by atoms with Crippen LogP contribution in [0.25, 0.3) is 0 Å². The number of carboxylic acids is 2. The molecule has 0 bridgehead atoms. The minimum absolute atomic E-state index is 0.0133. The van der Waals surface area contributed by atoms with Crippen molar-refractivity contribution in [1.82, 2.24) is 25.9 Å². The second-order valence-electron chi connectivity index (χ2n) is 8.98. The fourth-order valence-electron chi connectivity index (χ4n) is 3.74. The van der Waals surface area contributed by atoms with Crippen LogP contribution in [0.4, 0.5) is 0 Å². The summed E-state index contributed by atoms with van der Waals surface area (Å²) in [5.41, 5.74) is 12.6. The van der Waals surface area contributed by atoms with Crippen molar-refractivity contribution in [2.45, 2.75) is 62.7 Å². The number of benzene rings is 1. The zero-order valence-electron chi connectivity index (χ0n) is 21.3. The fraction of sp³-hybridized carbons (Fsp3) is 0.440. The summed E-state index contributed by atoms with van der Waals surface area (Å²) in [6.07, 6.45) is 3.33. The third kappa shape index (κ3) is 10.9. The standard InChI is InChI=1S/C25H35N7O7/c26-9-5-4-8-18(25(38)39)30-23(36)19(10-15-6-2-1-3-7-15)32-24(37)20(12-21(33)34)31-22(35)17(27)11-16-13-28-14-29-16/h1-3,6-7,13-14,17-20H,4-5,8-12,26-27H2,(H,28,29)(H,30,36)(H,31,35)(H,32,37)(H,33,34)(H,38,39). The van der Waals surface area contributed by atoms with Gasteiger partial charge in [0.05, 0.1) is 18.8 Å². The van der Waals surface area contributed by atoms with Gasteiger partial charge in [0.1, 0.15) is 18.1 Å². The van der Waals surface area contributed by atoms with Crippen molar-refractivity contribution in [3.63, 3.8) is 0 Å². The Morgan fingerprint density at radius 2 is 1.51 bits per heavy atom. The van der Waals surface area contributed by atoms with E-state index in [4.69, 9.17) is 11.5 Å². The molecule has 14 heteroatoms. The molecule has 0 saturated carbocycles. The first-order valence-electron chi connectivity index (χ1n) is 12.4. The number of aliphatic carboxylic acids is 2. The average Bonchev–Trinajstić information content (AvgIpc) is 3.40. The number of unbranched alkanes of at least 4 members (excludes halogenated alkanes) is 1. The van der Waals surface area contributed by atoms with Gasteiger partial charge < -0.3 is 42.6 Å². The second kappa shape index (κ2) is 15.8. The highest BCUT2D eigenvalue weighted by molar-refractivity contribution is 5.95. The monoisotopic (exact) mass is 545 g/mol. The zero-order chi connectivity index (χ0) is 28.8. The minimum Gasteiger partial charge on any atom is -0.481 e. The highest BCUT2D eigenvalue weighted by Gasteiger charge is 2.31. The molecule has 39 heavy (non-hydrogen) atoms. The van der Waals surface area contributed by atoms with E-state index >= 15 is 0 Å². The largest absolute Gasteiger partial charge is 0.481 e. The fourth-order valence-corrected chi connectivity index (χ4v) is 3.74. The zero-order valence-corrected chi connectivity index (χ0v) is 21.3. The number of carbonyl (C=O) groups is 5. The molecule has 10 N–H and O–H groups in total. The van der Waals surface area contributed by atoms with E-state index in [2.05, 4.69) is 25.9 Å². The van der Waals surface area contributed by atoms with Gasteiger partial charge in [-0.25, -0.2) is 9.78 Å². The van der Waals surface area contributed by atoms with Gasteiger partial charge in [-0.1, -0.05) is 30.3 Å². The molecule has 0 aliphatic heterocycles. The van der Waals surface area contributed by atoms with Crippen LogP contribution in [0.3, 0.4) is 0 Å². The van der Waals surface area contributed by atoms with Crippen LogP contribution in [0.15, 0.2) is 42.9 Å². The normalized spacial score (nSPS) is 13.9. The number of nitrogens with one attached hydrogen (secondary N) is 4. The van der Waals surface area contributed by atoms with Crippen molar-refractivity contribution >= 4 is 29.7 Å². The number of carboxylic acid groups (broad SMARTS) is 2. The minimum atomic E-state index is -1.55. The van der Waals surface area contributed by atoms with Gasteiger partial charge in [0.25, 0.3) is 0 Å². The van der Waals surface area contributed by atoms with E-state index in [1.165, 1.54) is 12.5 Å². The van der Waals surface area contributed by atoms with E-state index in [-0.39, 0.29) is 19.3 Å². The molecule has 3 amide bonds. The predicted molar refractivity (Wildman–Crippen MR) is 139 cm³/mol. The first kappa shape index (κ1) is 30.9. The molecule has 2 rings (SSSR count). The Morgan fingerprint density at radius 1 is 0.872 bits per heavy atom. The molecule has 0 spiro atoms. The molecule has 14 nitrogen and oxygen atoms in total. The van der Waals surface area contributed by atoms with Crippen molar-refractivity contribution in [1.29, 1.82) is 0 Å². The highest BCUT2D eigenvalue weighted by Crippen LogP contribution is 2.08. The number of hydrogen-bond acceptors (Lipinski definition) is 8. The first-order chi connectivity index (χ1) is 18.6. The van der Waals surface area contributed by atoms with E-state index in [1.54, 1.807) is 30.3 Å². The van der Waals surface area contributed by atoms with Crippen molar-refractivity contribution in [3.05, 3.63) is 54.1 Å². The number of rotatable bonds is 17. The van der Waals surface area contributed by atoms with Gasteiger partial charge in [0.2, 0.25) is 17.7 Å². The summed E-state index contributed by atoms with van der Waals surface area (Å²) in [7, 11) is 0. The van der Waals surface area contributed by atoms with Gasteiger partial charge in [-0.15, -0.1) is 0 Å². The summed E-state index contributed by atoms with van der Waals surface area (Å²) >= 11 is 0. The van der Waals surface area contributed by atoms with Crippen LogP contribution in [0, 0.1) is 0 Å². The Bertz CT molecular complexity index is 1100. The molecule has 4 unspecified atom stereocenters. The smallest absolute Gasteiger partial charge is 0.326 e. The molecular weight excluding hydrogens is 510 g/mol. The van der Waals surface area contributed by atoms with Crippen LogP contribution in [0.2, 0.25) is 0 Å². The summed E-state index contributed by atoms with van der Waals surface area (Å²) in [6, 6.07) is 3.52.